The molecule has 11 heteroatoms. The van der Waals surface area contributed by atoms with Crippen molar-refractivity contribution in [3.63, 3.8) is 0 Å². The Balaban J connectivity index is 1.25. The number of fused-ring (bicyclic) bond motifs is 2. The van der Waals surface area contributed by atoms with Gasteiger partial charge in [-0.2, -0.15) is 18.2 Å². The molecule has 190 valence electrons. The molecule has 1 saturated heterocycles. The third-order valence-electron chi connectivity index (χ3n) is 7.10. The van der Waals surface area contributed by atoms with Crippen LogP contribution in [0, 0.1) is 0 Å². The van der Waals surface area contributed by atoms with E-state index in [0.29, 0.717) is 11.4 Å². The van der Waals surface area contributed by atoms with Crippen molar-refractivity contribution in [2.75, 3.05) is 10.2 Å². The SMILES string of the molecule is C[C@H](Nc1nccc(-n2cnc3cc(N4C(=O)NC5CCCC54)ccc32)n1)c1cccc(C(F)(F)F)c1. The maximum atomic E-state index is 13.1. The predicted molar refractivity (Wildman–Crippen MR) is 133 cm³/mol. The van der Waals surface area contributed by atoms with Crippen LogP contribution < -0.4 is 15.5 Å². The van der Waals surface area contributed by atoms with E-state index in [-0.39, 0.29) is 24.1 Å². The van der Waals surface area contributed by atoms with E-state index in [1.165, 1.54) is 6.07 Å². The number of imidazole rings is 1. The highest BCUT2D eigenvalue weighted by Crippen LogP contribution is 2.35. The minimum atomic E-state index is -4.41. The first-order valence-corrected chi connectivity index (χ1v) is 12.1. The molecule has 0 radical (unpaired) electrons. The van der Waals surface area contributed by atoms with Gasteiger partial charge in [-0.05, 0) is 68.1 Å². The number of hydrogen-bond donors (Lipinski definition) is 2. The third kappa shape index (κ3) is 4.24. The standard InChI is InChI=1S/C26H24F3N7O/c1-15(16-4-2-5-17(12-16)26(27,28)29)32-24-30-11-10-23(34-24)35-14-31-20-13-18(8-9-21(20)35)36-22-7-3-6-19(22)33-25(36)37/h2,4-5,8-15,19,22H,3,6-7H2,1H3,(H,33,37)(H,30,32,34)/t15-,19?,22?/m0/s1. The number of urea groups is 1. The average molecular weight is 508 g/mol. The fourth-order valence-corrected chi connectivity index (χ4v) is 5.25. The van der Waals surface area contributed by atoms with E-state index in [9.17, 15) is 18.0 Å². The van der Waals surface area contributed by atoms with Crippen LogP contribution in [0.1, 0.15) is 43.4 Å². The van der Waals surface area contributed by atoms with Gasteiger partial charge in [0.05, 0.1) is 34.7 Å². The molecule has 2 N–H and O–H groups in total. The molecule has 2 aliphatic rings. The summed E-state index contributed by atoms with van der Waals surface area (Å²) >= 11 is 0. The van der Waals surface area contributed by atoms with Gasteiger partial charge in [-0.1, -0.05) is 12.1 Å². The molecule has 0 bridgehead atoms. The lowest BCUT2D eigenvalue weighted by Crippen LogP contribution is -2.33. The zero-order valence-electron chi connectivity index (χ0n) is 19.9. The van der Waals surface area contributed by atoms with Crippen LogP contribution >= 0.6 is 0 Å². The molecule has 4 aromatic rings. The maximum Gasteiger partial charge on any atom is 0.416 e. The van der Waals surface area contributed by atoms with Gasteiger partial charge in [-0.25, -0.2) is 14.8 Å². The number of hydrogen-bond acceptors (Lipinski definition) is 5. The molecular formula is C26H24F3N7O. The van der Waals surface area contributed by atoms with Gasteiger partial charge in [0.15, 0.2) is 0 Å². The second-order valence-electron chi connectivity index (χ2n) is 9.44. The van der Waals surface area contributed by atoms with E-state index in [1.807, 2.05) is 27.7 Å². The third-order valence-corrected chi connectivity index (χ3v) is 7.10. The molecule has 3 atom stereocenters. The summed E-state index contributed by atoms with van der Waals surface area (Å²) in [5.74, 6) is 0.834. The Morgan fingerprint density at radius 1 is 1.11 bits per heavy atom. The molecule has 2 amide bonds. The number of halogens is 3. The summed E-state index contributed by atoms with van der Waals surface area (Å²) in [6, 6.07) is 12.5. The smallest absolute Gasteiger partial charge is 0.348 e. The molecule has 0 spiro atoms. The summed E-state index contributed by atoms with van der Waals surface area (Å²) in [7, 11) is 0. The lowest BCUT2D eigenvalue weighted by atomic mass is 10.1. The highest BCUT2D eigenvalue weighted by atomic mass is 19.4. The topological polar surface area (TPSA) is 88.0 Å². The molecule has 2 aromatic heterocycles. The Hall–Kier alpha value is -4.15. The Morgan fingerprint density at radius 2 is 1.97 bits per heavy atom. The number of amides is 2. The van der Waals surface area contributed by atoms with Gasteiger partial charge in [0.25, 0.3) is 0 Å². The molecule has 6 rings (SSSR count). The summed E-state index contributed by atoms with van der Waals surface area (Å²) in [4.78, 5) is 27.7. The first-order valence-electron chi connectivity index (χ1n) is 12.1. The number of alkyl halides is 3. The van der Waals surface area contributed by atoms with Gasteiger partial charge >= 0.3 is 12.2 Å². The second kappa shape index (κ2) is 8.75. The van der Waals surface area contributed by atoms with Crippen LogP contribution in [0.4, 0.5) is 29.6 Å². The second-order valence-corrected chi connectivity index (χ2v) is 9.44. The number of nitrogens with one attached hydrogen (secondary N) is 2. The van der Waals surface area contributed by atoms with Crippen molar-refractivity contribution in [2.45, 2.75) is 50.5 Å². The summed E-state index contributed by atoms with van der Waals surface area (Å²) in [5.41, 5.74) is 2.11. The monoisotopic (exact) mass is 507 g/mol. The van der Waals surface area contributed by atoms with E-state index >= 15 is 0 Å². The highest BCUT2D eigenvalue weighted by Gasteiger charge is 2.43. The number of nitrogens with zero attached hydrogens (tertiary/aromatic N) is 5. The molecule has 1 aliphatic heterocycles. The van der Waals surface area contributed by atoms with Crippen LogP contribution in [0.3, 0.4) is 0 Å². The van der Waals surface area contributed by atoms with Crippen LogP contribution in [0.5, 0.6) is 0 Å². The lowest BCUT2D eigenvalue weighted by Gasteiger charge is -2.22. The van der Waals surface area contributed by atoms with E-state index in [4.69, 9.17) is 0 Å². The Kier molecular flexibility index (Phi) is 5.50. The fourth-order valence-electron chi connectivity index (χ4n) is 5.25. The average Bonchev–Trinajstić information content (AvgIpc) is 3.57. The number of benzene rings is 2. The van der Waals surface area contributed by atoms with Gasteiger partial charge in [-0.15, -0.1) is 0 Å². The van der Waals surface area contributed by atoms with E-state index in [1.54, 1.807) is 31.6 Å². The summed E-state index contributed by atoms with van der Waals surface area (Å²) in [5, 5.41) is 6.15. The van der Waals surface area contributed by atoms with Crippen LogP contribution in [-0.4, -0.2) is 37.6 Å². The minimum absolute atomic E-state index is 0.0742. The Morgan fingerprint density at radius 3 is 2.81 bits per heavy atom. The number of aromatic nitrogens is 4. The van der Waals surface area contributed by atoms with Crippen LogP contribution in [0.2, 0.25) is 0 Å². The molecule has 37 heavy (non-hydrogen) atoms. The van der Waals surface area contributed by atoms with Gasteiger partial charge in [0, 0.05) is 11.9 Å². The van der Waals surface area contributed by atoms with E-state index < -0.39 is 17.8 Å². The molecule has 2 unspecified atom stereocenters. The molecule has 1 aliphatic carbocycles. The van der Waals surface area contributed by atoms with Gasteiger partial charge < -0.3 is 10.6 Å². The summed E-state index contributed by atoms with van der Waals surface area (Å²) in [6.07, 6.45) is 1.90. The number of rotatable bonds is 5. The van der Waals surface area contributed by atoms with E-state index in [0.717, 1.165) is 48.1 Å². The normalized spacial score (nSPS) is 20.2. The van der Waals surface area contributed by atoms with Crippen LogP contribution in [0.15, 0.2) is 61.1 Å². The number of carbonyl (C=O) groups excluding carboxylic acids is 1. The quantitative estimate of drug-likeness (QED) is 0.375. The molecule has 2 aromatic carbocycles. The van der Waals surface area contributed by atoms with E-state index in [2.05, 4.69) is 25.6 Å². The largest absolute Gasteiger partial charge is 0.416 e. The van der Waals surface area contributed by atoms with Crippen molar-refractivity contribution < 1.29 is 18.0 Å². The molecule has 8 nitrogen and oxygen atoms in total. The van der Waals surface area contributed by atoms with Crippen molar-refractivity contribution in [3.05, 3.63) is 72.2 Å². The predicted octanol–water partition coefficient (Wildman–Crippen LogP) is 5.46. The summed E-state index contributed by atoms with van der Waals surface area (Å²) < 4.78 is 41.1. The van der Waals surface area contributed by atoms with Crippen LogP contribution in [-0.2, 0) is 6.18 Å². The van der Waals surface area contributed by atoms with Crippen molar-refractivity contribution in [1.82, 2.24) is 24.8 Å². The summed E-state index contributed by atoms with van der Waals surface area (Å²) in [6.45, 7) is 1.75. The van der Waals surface area contributed by atoms with Gasteiger partial charge in [0.1, 0.15) is 12.1 Å². The van der Waals surface area contributed by atoms with Crippen molar-refractivity contribution in [3.8, 4) is 5.82 Å². The Labute approximate surface area is 210 Å². The molecule has 2 fully saturated rings. The Bertz CT molecular complexity index is 1480. The molecule has 3 heterocycles. The van der Waals surface area contributed by atoms with Gasteiger partial charge in [0.2, 0.25) is 5.95 Å². The fraction of sp³-hybridized carbons (Fsp3) is 0.308. The number of carbonyl (C=O) groups is 1. The van der Waals surface area contributed by atoms with Crippen molar-refractivity contribution in [2.24, 2.45) is 0 Å². The van der Waals surface area contributed by atoms with Crippen molar-refractivity contribution in [1.29, 1.82) is 0 Å². The maximum absolute atomic E-state index is 13.1. The number of anilines is 2. The molecular weight excluding hydrogens is 483 g/mol. The lowest BCUT2D eigenvalue weighted by molar-refractivity contribution is -0.137. The van der Waals surface area contributed by atoms with Gasteiger partial charge in [-0.3, -0.25) is 9.47 Å². The zero-order chi connectivity index (χ0) is 25.7. The van der Waals surface area contributed by atoms with Crippen LogP contribution in [0.25, 0.3) is 16.9 Å². The highest BCUT2D eigenvalue weighted by molar-refractivity contribution is 5.97. The van der Waals surface area contributed by atoms with Crippen molar-refractivity contribution >= 4 is 28.7 Å². The zero-order valence-corrected chi connectivity index (χ0v) is 19.9. The minimum Gasteiger partial charge on any atom is -0.348 e. The molecule has 1 saturated carbocycles. The first-order chi connectivity index (χ1) is 17.8. The first kappa shape index (κ1) is 23.3.